The number of hydrogen-bond acceptors (Lipinski definition) is 3. The summed E-state index contributed by atoms with van der Waals surface area (Å²) in [5.74, 6) is 0. The lowest BCUT2D eigenvalue weighted by atomic mass is 10.2. The first-order valence-corrected chi connectivity index (χ1v) is 5.68. The average molecular weight is 216 g/mol. The first kappa shape index (κ1) is 9.93. The quantitative estimate of drug-likeness (QED) is 0.848. The number of anilines is 1. The van der Waals surface area contributed by atoms with Crippen molar-refractivity contribution in [2.24, 2.45) is 0 Å². The Kier molecular flexibility index (Phi) is 3.52. The first-order valence-electron chi connectivity index (χ1n) is 4.80. The van der Waals surface area contributed by atoms with Crippen molar-refractivity contribution in [2.75, 3.05) is 11.9 Å². The lowest BCUT2D eigenvalue weighted by Crippen LogP contribution is -1.96. The second-order valence-electron chi connectivity index (χ2n) is 3.03. The Labute approximate surface area is 93.3 Å². The maximum Gasteiger partial charge on any atom is 0.182 e. The van der Waals surface area contributed by atoms with Gasteiger partial charge in [0.15, 0.2) is 5.13 Å². The van der Waals surface area contributed by atoms with Crippen molar-refractivity contribution in [3.8, 4) is 0 Å². The molecule has 0 saturated carbocycles. The molecule has 1 aromatic carbocycles. The molecule has 0 bridgehead atoms. The van der Waals surface area contributed by atoms with E-state index in [1.165, 1.54) is 5.56 Å². The van der Waals surface area contributed by atoms with Gasteiger partial charge in [0.2, 0.25) is 0 Å². The lowest BCUT2D eigenvalue weighted by molar-refractivity contribution is 1.29. The van der Waals surface area contributed by atoms with Crippen LogP contribution in [0.3, 0.4) is 0 Å². The van der Waals surface area contributed by atoms with Crippen molar-refractivity contribution in [3.05, 3.63) is 53.5 Å². The summed E-state index contributed by atoms with van der Waals surface area (Å²) in [5.41, 5.74) is 1.22. The smallest absolute Gasteiger partial charge is 0.182 e. The molecule has 1 aromatic heterocycles. The molecule has 0 aliphatic heterocycles. The van der Waals surface area contributed by atoms with Crippen LogP contribution in [0.25, 0.3) is 6.08 Å². The molecule has 0 saturated heterocycles. The molecule has 0 fully saturated rings. The highest BCUT2D eigenvalue weighted by Gasteiger charge is 1.89. The fourth-order valence-electron chi connectivity index (χ4n) is 1.22. The van der Waals surface area contributed by atoms with E-state index in [1.54, 1.807) is 17.5 Å². The molecule has 3 heteroatoms. The van der Waals surface area contributed by atoms with E-state index in [9.17, 15) is 0 Å². The summed E-state index contributed by atoms with van der Waals surface area (Å²) < 4.78 is 0. The van der Waals surface area contributed by atoms with Crippen LogP contribution in [0.2, 0.25) is 0 Å². The van der Waals surface area contributed by atoms with E-state index in [0.717, 1.165) is 11.7 Å². The molecule has 76 valence electrons. The summed E-state index contributed by atoms with van der Waals surface area (Å²) in [5, 5.41) is 6.14. The zero-order valence-corrected chi connectivity index (χ0v) is 9.08. The molecule has 0 amide bonds. The Balaban J connectivity index is 1.81. The van der Waals surface area contributed by atoms with Crippen LogP contribution >= 0.6 is 11.3 Å². The molecule has 1 N–H and O–H groups in total. The van der Waals surface area contributed by atoms with Gasteiger partial charge in [-0.15, -0.1) is 11.3 Å². The minimum absolute atomic E-state index is 0.808. The fourth-order valence-corrected chi connectivity index (χ4v) is 1.76. The van der Waals surface area contributed by atoms with Gasteiger partial charge in [-0.05, 0) is 5.56 Å². The summed E-state index contributed by atoms with van der Waals surface area (Å²) in [6, 6.07) is 10.3. The standard InChI is InChI=1S/C12H12N2S/c1-2-5-11(6-3-1)7-4-8-13-12-14-9-10-15-12/h1-7,9-10H,8H2,(H,13,14)/b7-4+. The van der Waals surface area contributed by atoms with Crippen LogP contribution in [0.15, 0.2) is 48.0 Å². The van der Waals surface area contributed by atoms with Crippen LogP contribution in [0.4, 0.5) is 5.13 Å². The number of nitrogens with one attached hydrogen (secondary N) is 1. The highest BCUT2D eigenvalue weighted by molar-refractivity contribution is 7.13. The van der Waals surface area contributed by atoms with Crippen LogP contribution in [0, 0.1) is 0 Å². The summed E-state index contributed by atoms with van der Waals surface area (Å²) in [7, 11) is 0. The van der Waals surface area contributed by atoms with Gasteiger partial charge in [-0.2, -0.15) is 0 Å². The van der Waals surface area contributed by atoms with Crippen LogP contribution in [0.1, 0.15) is 5.56 Å². The Bertz CT molecular complexity index is 406. The van der Waals surface area contributed by atoms with Gasteiger partial charge in [0.25, 0.3) is 0 Å². The second kappa shape index (κ2) is 5.32. The van der Waals surface area contributed by atoms with Gasteiger partial charge in [-0.1, -0.05) is 42.5 Å². The minimum Gasteiger partial charge on any atom is -0.358 e. The maximum absolute atomic E-state index is 4.13. The van der Waals surface area contributed by atoms with Crippen molar-refractivity contribution in [3.63, 3.8) is 0 Å². The summed E-state index contributed by atoms with van der Waals surface area (Å²) in [6.45, 7) is 0.808. The van der Waals surface area contributed by atoms with Crippen molar-refractivity contribution in [1.29, 1.82) is 0 Å². The van der Waals surface area contributed by atoms with Gasteiger partial charge in [-0.25, -0.2) is 4.98 Å². The number of aromatic nitrogens is 1. The predicted molar refractivity (Wildman–Crippen MR) is 66.1 cm³/mol. The minimum atomic E-state index is 0.808. The third kappa shape index (κ3) is 3.22. The van der Waals surface area contributed by atoms with Gasteiger partial charge in [0.05, 0.1) is 0 Å². The van der Waals surface area contributed by atoms with E-state index in [0.29, 0.717) is 0 Å². The van der Waals surface area contributed by atoms with E-state index in [2.05, 4.69) is 34.6 Å². The van der Waals surface area contributed by atoms with Crippen LogP contribution in [-0.2, 0) is 0 Å². The molecular weight excluding hydrogens is 204 g/mol. The first-order chi connectivity index (χ1) is 7.45. The summed E-state index contributed by atoms with van der Waals surface area (Å²) in [6.07, 6.45) is 5.99. The van der Waals surface area contributed by atoms with E-state index in [1.807, 2.05) is 23.6 Å². The van der Waals surface area contributed by atoms with Crippen molar-refractivity contribution in [1.82, 2.24) is 4.98 Å². The van der Waals surface area contributed by atoms with Gasteiger partial charge in [-0.3, -0.25) is 0 Å². The lowest BCUT2D eigenvalue weighted by Gasteiger charge is -1.96. The largest absolute Gasteiger partial charge is 0.358 e. The molecule has 0 spiro atoms. The molecule has 0 unspecified atom stereocenters. The zero-order valence-electron chi connectivity index (χ0n) is 8.26. The third-order valence-electron chi connectivity index (χ3n) is 1.91. The van der Waals surface area contributed by atoms with Crippen LogP contribution in [0.5, 0.6) is 0 Å². The molecule has 0 aliphatic carbocycles. The Morgan fingerprint density at radius 3 is 2.87 bits per heavy atom. The second-order valence-corrected chi connectivity index (χ2v) is 3.93. The third-order valence-corrected chi connectivity index (χ3v) is 2.64. The topological polar surface area (TPSA) is 24.9 Å². The summed E-state index contributed by atoms with van der Waals surface area (Å²) >= 11 is 1.61. The van der Waals surface area contributed by atoms with E-state index in [-0.39, 0.29) is 0 Å². The summed E-state index contributed by atoms with van der Waals surface area (Å²) in [4.78, 5) is 4.13. The molecule has 0 aliphatic rings. The molecule has 1 heterocycles. The highest BCUT2D eigenvalue weighted by Crippen LogP contribution is 2.09. The maximum atomic E-state index is 4.13. The fraction of sp³-hybridized carbons (Fsp3) is 0.0833. The van der Waals surface area contributed by atoms with Gasteiger partial charge in [0, 0.05) is 18.1 Å². The number of nitrogens with zero attached hydrogens (tertiary/aromatic N) is 1. The van der Waals surface area contributed by atoms with Crippen molar-refractivity contribution in [2.45, 2.75) is 0 Å². The monoisotopic (exact) mass is 216 g/mol. The van der Waals surface area contributed by atoms with Crippen LogP contribution < -0.4 is 5.32 Å². The Morgan fingerprint density at radius 2 is 2.13 bits per heavy atom. The molecule has 0 atom stereocenters. The number of thiazole rings is 1. The van der Waals surface area contributed by atoms with E-state index < -0.39 is 0 Å². The molecule has 2 nitrogen and oxygen atoms in total. The number of benzene rings is 1. The molecular formula is C12H12N2S. The SMILES string of the molecule is C(=C\c1ccccc1)/CNc1nccs1. The number of hydrogen-bond donors (Lipinski definition) is 1. The van der Waals surface area contributed by atoms with Gasteiger partial charge in [0.1, 0.15) is 0 Å². The predicted octanol–water partition coefficient (Wildman–Crippen LogP) is 3.27. The number of rotatable bonds is 4. The molecule has 0 radical (unpaired) electrons. The molecule has 15 heavy (non-hydrogen) atoms. The van der Waals surface area contributed by atoms with E-state index >= 15 is 0 Å². The van der Waals surface area contributed by atoms with E-state index in [4.69, 9.17) is 0 Å². The van der Waals surface area contributed by atoms with Gasteiger partial charge >= 0.3 is 0 Å². The van der Waals surface area contributed by atoms with Gasteiger partial charge < -0.3 is 5.32 Å². The highest BCUT2D eigenvalue weighted by atomic mass is 32.1. The Hall–Kier alpha value is -1.61. The zero-order chi connectivity index (χ0) is 10.3. The van der Waals surface area contributed by atoms with Crippen molar-refractivity contribution >= 4 is 22.5 Å². The molecule has 2 aromatic rings. The average Bonchev–Trinajstić information content (AvgIpc) is 2.79. The van der Waals surface area contributed by atoms with Crippen molar-refractivity contribution < 1.29 is 0 Å². The normalized spacial score (nSPS) is 10.7. The Morgan fingerprint density at radius 1 is 1.27 bits per heavy atom. The molecule has 2 rings (SSSR count). The van der Waals surface area contributed by atoms with Crippen LogP contribution in [-0.4, -0.2) is 11.5 Å².